The van der Waals surface area contributed by atoms with Gasteiger partial charge in [0.25, 0.3) is 0 Å². The summed E-state index contributed by atoms with van der Waals surface area (Å²) in [5.74, 6) is 0. The summed E-state index contributed by atoms with van der Waals surface area (Å²) in [6, 6.07) is 21.8. The van der Waals surface area contributed by atoms with Crippen LogP contribution in [0, 0.1) is 0 Å². The van der Waals surface area contributed by atoms with Crippen molar-refractivity contribution in [3.8, 4) is 0 Å². The molecule has 2 aromatic carbocycles. The van der Waals surface area contributed by atoms with E-state index in [0.717, 1.165) is 6.42 Å². The van der Waals surface area contributed by atoms with Crippen molar-refractivity contribution < 1.29 is 0 Å². The minimum atomic E-state index is -0.406. The molecular weight excluding hydrogens is 271 g/mol. The molecule has 0 heterocycles. The lowest BCUT2D eigenvalue weighted by molar-refractivity contribution is 1.14. The molecule has 0 bridgehead atoms. The van der Waals surface area contributed by atoms with Gasteiger partial charge in [0.2, 0.25) is 0 Å². The molecule has 1 heteroatoms. The zero-order chi connectivity index (χ0) is 14.5. The van der Waals surface area contributed by atoms with Crippen molar-refractivity contribution in [1.29, 1.82) is 0 Å². The Balaban J connectivity index is 2.03. The Hall–Kier alpha value is -1.91. The van der Waals surface area contributed by atoms with E-state index in [1.807, 2.05) is 6.08 Å². The van der Waals surface area contributed by atoms with Crippen molar-refractivity contribution in [3.05, 3.63) is 97.1 Å². The normalized spacial score (nSPS) is 17.0. The average molecular weight is 290 g/mol. The summed E-state index contributed by atoms with van der Waals surface area (Å²) in [6.45, 7) is 3.90. The van der Waals surface area contributed by atoms with Gasteiger partial charge in [0, 0.05) is 5.66 Å². The lowest BCUT2D eigenvalue weighted by Crippen LogP contribution is -2.20. The van der Waals surface area contributed by atoms with Gasteiger partial charge in [-0.25, -0.2) is 0 Å². The van der Waals surface area contributed by atoms with Crippen LogP contribution in [-0.4, -0.2) is 5.66 Å². The predicted molar refractivity (Wildman–Crippen MR) is 94.9 cm³/mol. The minimum Gasteiger partial charge on any atom is -0.103 e. The molecule has 0 saturated carbocycles. The fourth-order valence-corrected chi connectivity index (χ4v) is 5.48. The van der Waals surface area contributed by atoms with Gasteiger partial charge >= 0.3 is 0 Å². The third kappa shape index (κ3) is 3.06. The standard InChI is InChI=1S/C20H19P/c1-2-10-17-11-9-16-20(17)21(18-12-5-3-6-13-18)19-14-7-4-8-15-19/h2-9,11-16,20H,1,10H2. The molecular formula is C20H19P. The third-order valence-corrected chi connectivity index (χ3v) is 6.48. The van der Waals surface area contributed by atoms with E-state index in [-0.39, 0.29) is 0 Å². The van der Waals surface area contributed by atoms with E-state index in [9.17, 15) is 0 Å². The van der Waals surface area contributed by atoms with Crippen LogP contribution >= 0.6 is 7.92 Å². The molecule has 1 aliphatic rings. The zero-order valence-electron chi connectivity index (χ0n) is 12.0. The summed E-state index contributed by atoms with van der Waals surface area (Å²) in [6.07, 6.45) is 9.79. The van der Waals surface area contributed by atoms with Crippen LogP contribution in [0.4, 0.5) is 0 Å². The lowest BCUT2D eigenvalue weighted by atomic mass is 10.1. The topological polar surface area (TPSA) is 0 Å². The van der Waals surface area contributed by atoms with Gasteiger partial charge in [0.1, 0.15) is 0 Å². The highest BCUT2D eigenvalue weighted by Gasteiger charge is 2.26. The Morgan fingerprint density at radius 3 is 2.00 bits per heavy atom. The molecule has 0 N–H and O–H groups in total. The Bertz CT molecular complexity index is 613. The minimum absolute atomic E-state index is 0.406. The predicted octanol–water partition coefficient (Wildman–Crippen LogP) is 4.56. The molecule has 0 spiro atoms. The highest BCUT2D eigenvalue weighted by atomic mass is 31.1. The smallest absolute Gasteiger partial charge is 0.0270 e. The van der Waals surface area contributed by atoms with Crippen molar-refractivity contribution >= 4 is 18.5 Å². The molecule has 0 fully saturated rings. The van der Waals surface area contributed by atoms with Gasteiger partial charge in [-0.3, -0.25) is 0 Å². The maximum Gasteiger partial charge on any atom is 0.0270 e. The Labute approximate surface area is 128 Å². The first-order chi connectivity index (χ1) is 10.4. The molecule has 21 heavy (non-hydrogen) atoms. The molecule has 3 rings (SSSR count). The summed E-state index contributed by atoms with van der Waals surface area (Å²) in [4.78, 5) is 0. The summed E-state index contributed by atoms with van der Waals surface area (Å²) in [7, 11) is -0.406. The second-order valence-electron chi connectivity index (χ2n) is 5.11. The molecule has 104 valence electrons. The number of allylic oxidation sites excluding steroid dienone is 5. The van der Waals surface area contributed by atoms with E-state index in [0.29, 0.717) is 5.66 Å². The van der Waals surface area contributed by atoms with Crippen LogP contribution < -0.4 is 10.6 Å². The first kappa shape index (κ1) is 14.0. The number of hydrogen-bond acceptors (Lipinski definition) is 0. The van der Waals surface area contributed by atoms with Gasteiger partial charge < -0.3 is 0 Å². The van der Waals surface area contributed by atoms with Crippen molar-refractivity contribution in [2.45, 2.75) is 12.1 Å². The Kier molecular flexibility index (Phi) is 4.48. The van der Waals surface area contributed by atoms with E-state index in [4.69, 9.17) is 0 Å². The Morgan fingerprint density at radius 2 is 1.48 bits per heavy atom. The molecule has 2 aromatic rings. The van der Waals surface area contributed by atoms with E-state index in [1.54, 1.807) is 0 Å². The van der Waals surface area contributed by atoms with Gasteiger partial charge in [-0.2, -0.15) is 0 Å². The second kappa shape index (κ2) is 6.70. The first-order valence-corrected chi connectivity index (χ1v) is 8.69. The highest BCUT2D eigenvalue weighted by Crippen LogP contribution is 2.46. The maximum absolute atomic E-state index is 3.90. The fourth-order valence-electron chi connectivity index (χ4n) is 2.76. The zero-order valence-corrected chi connectivity index (χ0v) is 12.9. The first-order valence-electron chi connectivity index (χ1n) is 7.27. The number of rotatable bonds is 5. The molecule has 0 aliphatic heterocycles. The second-order valence-corrected chi connectivity index (χ2v) is 7.43. The fraction of sp³-hybridized carbons (Fsp3) is 0.100. The van der Waals surface area contributed by atoms with Crippen molar-refractivity contribution in [3.63, 3.8) is 0 Å². The molecule has 1 unspecified atom stereocenters. The van der Waals surface area contributed by atoms with Crippen LogP contribution in [0.3, 0.4) is 0 Å². The Morgan fingerprint density at radius 1 is 0.905 bits per heavy atom. The number of benzene rings is 2. The van der Waals surface area contributed by atoms with Crippen LogP contribution in [0.15, 0.2) is 97.1 Å². The monoisotopic (exact) mass is 290 g/mol. The van der Waals surface area contributed by atoms with E-state index in [2.05, 4.69) is 85.5 Å². The summed E-state index contributed by atoms with van der Waals surface area (Å²) in [5, 5.41) is 2.87. The van der Waals surface area contributed by atoms with Crippen LogP contribution in [0.5, 0.6) is 0 Å². The summed E-state index contributed by atoms with van der Waals surface area (Å²) in [5.41, 5.74) is 1.96. The van der Waals surface area contributed by atoms with Gasteiger partial charge in [-0.05, 0) is 25.0 Å². The summed E-state index contributed by atoms with van der Waals surface area (Å²) >= 11 is 0. The van der Waals surface area contributed by atoms with Crippen LogP contribution in [0.25, 0.3) is 0 Å². The van der Waals surface area contributed by atoms with Gasteiger partial charge in [-0.15, -0.1) is 6.58 Å². The third-order valence-electron chi connectivity index (χ3n) is 3.71. The molecule has 0 nitrogen and oxygen atoms in total. The molecule has 1 atom stereocenters. The van der Waals surface area contributed by atoms with Gasteiger partial charge in [-0.1, -0.05) is 90.5 Å². The van der Waals surface area contributed by atoms with Crippen LogP contribution in [-0.2, 0) is 0 Å². The molecule has 0 saturated heterocycles. The molecule has 0 aromatic heterocycles. The number of hydrogen-bond donors (Lipinski definition) is 0. The van der Waals surface area contributed by atoms with Gasteiger partial charge in [0.15, 0.2) is 0 Å². The van der Waals surface area contributed by atoms with Gasteiger partial charge in [0.05, 0.1) is 0 Å². The van der Waals surface area contributed by atoms with Crippen LogP contribution in [0.1, 0.15) is 6.42 Å². The van der Waals surface area contributed by atoms with E-state index < -0.39 is 7.92 Å². The van der Waals surface area contributed by atoms with E-state index in [1.165, 1.54) is 16.2 Å². The van der Waals surface area contributed by atoms with Crippen LogP contribution in [0.2, 0.25) is 0 Å². The van der Waals surface area contributed by atoms with Crippen molar-refractivity contribution in [1.82, 2.24) is 0 Å². The molecule has 0 amide bonds. The summed E-state index contributed by atoms with van der Waals surface area (Å²) < 4.78 is 0. The SMILES string of the molecule is C=CCC1=CC=CC1P(c1ccccc1)c1ccccc1. The lowest BCUT2D eigenvalue weighted by Gasteiger charge is -2.26. The quantitative estimate of drug-likeness (QED) is 0.559. The molecule has 0 radical (unpaired) electrons. The van der Waals surface area contributed by atoms with Crippen molar-refractivity contribution in [2.24, 2.45) is 0 Å². The van der Waals surface area contributed by atoms with Crippen molar-refractivity contribution in [2.75, 3.05) is 0 Å². The van der Waals surface area contributed by atoms with E-state index >= 15 is 0 Å². The average Bonchev–Trinajstić information content (AvgIpc) is 2.98. The maximum atomic E-state index is 3.90. The highest BCUT2D eigenvalue weighted by molar-refractivity contribution is 7.74. The molecule has 1 aliphatic carbocycles. The largest absolute Gasteiger partial charge is 0.103 e.